The van der Waals surface area contributed by atoms with Crippen LogP contribution >= 0.6 is 11.3 Å². The average Bonchev–Trinajstić information content (AvgIpc) is 3.10. The first-order valence-corrected chi connectivity index (χ1v) is 8.10. The van der Waals surface area contributed by atoms with E-state index in [0.29, 0.717) is 16.9 Å². The van der Waals surface area contributed by atoms with Crippen LogP contribution in [0.3, 0.4) is 0 Å². The van der Waals surface area contributed by atoms with Gasteiger partial charge in [0.15, 0.2) is 4.96 Å². The fourth-order valence-corrected chi connectivity index (χ4v) is 2.99. The third-order valence-electron chi connectivity index (χ3n) is 3.31. The van der Waals surface area contributed by atoms with Crippen LogP contribution in [-0.2, 0) is 4.79 Å². The number of carboxylic acids is 1. The van der Waals surface area contributed by atoms with Crippen molar-refractivity contribution in [3.63, 3.8) is 0 Å². The molecule has 0 saturated heterocycles. The van der Waals surface area contributed by atoms with E-state index in [2.05, 4.69) is 15.6 Å². The molecule has 3 N–H and O–H groups in total. The Labute approximate surface area is 146 Å². The molecule has 0 aliphatic rings. The monoisotopic (exact) mass is 358 g/mol. The molecule has 0 atom stereocenters. The van der Waals surface area contributed by atoms with E-state index in [9.17, 15) is 14.4 Å². The van der Waals surface area contributed by atoms with Crippen LogP contribution in [-0.4, -0.2) is 38.8 Å². The zero-order valence-corrected chi connectivity index (χ0v) is 14.0. The summed E-state index contributed by atoms with van der Waals surface area (Å²) in [6.07, 6.45) is 3.55. The van der Waals surface area contributed by atoms with Crippen molar-refractivity contribution in [3.05, 3.63) is 52.8 Å². The van der Waals surface area contributed by atoms with E-state index >= 15 is 0 Å². The number of amides is 2. The Balaban J connectivity index is 1.66. The van der Waals surface area contributed by atoms with Crippen molar-refractivity contribution < 1.29 is 19.5 Å². The maximum atomic E-state index is 12.2. The number of fused-ring (bicyclic) bond motifs is 1. The van der Waals surface area contributed by atoms with Crippen LogP contribution in [0.4, 0.5) is 5.69 Å². The van der Waals surface area contributed by atoms with Crippen molar-refractivity contribution in [2.45, 2.75) is 6.92 Å². The Kier molecular flexibility index (Phi) is 4.48. The molecule has 0 spiro atoms. The Morgan fingerprint density at radius 2 is 1.88 bits per heavy atom. The summed E-state index contributed by atoms with van der Waals surface area (Å²) in [5.74, 6) is -1.96. The molecule has 128 valence electrons. The van der Waals surface area contributed by atoms with Crippen LogP contribution in [0.25, 0.3) is 4.96 Å². The van der Waals surface area contributed by atoms with Crippen LogP contribution < -0.4 is 10.6 Å². The van der Waals surface area contributed by atoms with Gasteiger partial charge in [-0.3, -0.25) is 18.8 Å². The first-order chi connectivity index (χ1) is 11.9. The largest absolute Gasteiger partial charge is 0.480 e. The smallest absolute Gasteiger partial charge is 0.322 e. The van der Waals surface area contributed by atoms with E-state index in [-0.39, 0.29) is 5.91 Å². The fourth-order valence-electron chi connectivity index (χ4n) is 2.18. The number of carboxylic acid groups (broad SMARTS) is 1. The quantitative estimate of drug-likeness (QED) is 0.643. The summed E-state index contributed by atoms with van der Waals surface area (Å²) in [7, 11) is 0. The molecule has 2 amide bonds. The third kappa shape index (κ3) is 3.83. The van der Waals surface area contributed by atoms with E-state index in [0.717, 1.165) is 9.84 Å². The van der Waals surface area contributed by atoms with Gasteiger partial charge in [-0.25, -0.2) is 4.98 Å². The Morgan fingerprint density at radius 1 is 1.16 bits per heavy atom. The first kappa shape index (κ1) is 16.7. The van der Waals surface area contributed by atoms with Gasteiger partial charge in [-0.05, 0) is 31.2 Å². The highest BCUT2D eigenvalue weighted by molar-refractivity contribution is 7.17. The number of thiazole rings is 1. The van der Waals surface area contributed by atoms with Crippen LogP contribution in [0.5, 0.6) is 0 Å². The molecular weight excluding hydrogens is 344 g/mol. The number of aryl methyl sites for hydroxylation is 1. The summed E-state index contributed by atoms with van der Waals surface area (Å²) in [4.78, 5) is 40.5. The number of aliphatic carboxylic acids is 1. The van der Waals surface area contributed by atoms with Gasteiger partial charge < -0.3 is 15.7 Å². The number of aromatic nitrogens is 2. The second-order valence-corrected chi connectivity index (χ2v) is 6.48. The standard InChI is InChI=1S/C16H14N4O4S/c1-9-7-20-8-12(19-16(20)25-9)15(24)18-11-4-2-10(3-5-11)14(23)17-6-13(21)22/h2-5,7-8H,6H2,1H3,(H,17,23)(H,18,24)(H,21,22). The van der Waals surface area contributed by atoms with E-state index in [4.69, 9.17) is 5.11 Å². The molecule has 9 heteroatoms. The van der Waals surface area contributed by atoms with E-state index in [1.807, 2.05) is 13.1 Å². The Bertz CT molecular complexity index is 927. The molecule has 0 aliphatic carbocycles. The second kappa shape index (κ2) is 6.73. The van der Waals surface area contributed by atoms with Gasteiger partial charge in [0, 0.05) is 28.5 Å². The van der Waals surface area contributed by atoms with Gasteiger partial charge >= 0.3 is 5.97 Å². The molecule has 2 heterocycles. The van der Waals surface area contributed by atoms with E-state index < -0.39 is 18.4 Å². The van der Waals surface area contributed by atoms with E-state index in [1.54, 1.807) is 22.7 Å². The first-order valence-electron chi connectivity index (χ1n) is 7.29. The Hall–Kier alpha value is -3.20. The lowest BCUT2D eigenvalue weighted by Gasteiger charge is -2.05. The van der Waals surface area contributed by atoms with Crippen molar-refractivity contribution in [2.24, 2.45) is 0 Å². The third-order valence-corrected chi connectivity index (χ3v) is 4.22. The molecule has 8 nitrogen and oxygen atoms in total. The minimum atomic E-state index is -1.12. The lowest BCUT2D eigenvalue weighted by Crippen LogP contribution is -2.29. The van der Waals surface area contributed by atoms with Gasteiger partial charge in [0.2, 0.25) is 0 Å². The molecule has 0 bridgehead atoms. The number of benzene rings is 1. The summed E-state index contributed by atoms with van der Waals surface area (Å²) < 4.78 is 1.80. The number of carbonyl (C=O) groups is 3. The zero-order valence-electron chi connectivity index (χ0n) is 13.1. The zero-order chi connectivity index (χ0) is 18.0. The number of nitrogens with zero attached hydrogens (tertiary/aromatic N) is 2. The summed E-state index contributed by atoms with van der Waals surface area (Å²) in [5.41, 5.74) is 1.11. The molecule has 0 radical (unpaired) electrons. The number of rotatable bonds is 5. The number of imidazole rings is 1. The fraction of sp³-hybridized carbons (Fsp3) is 0.125. The topological polar surface area (TPSA) is 113 Å². The molecule has 2 aromatic heterocycles. The summed E-state index contributed by atoms with van der Waals surface area (Å²) >= 11 is 1.49. The highest BCUT2D eigenvalue weighted by atomic mass is 32.1. The molecule has 0 aliphatic heterocycles. The maximum absolute atomic E-state index is 12.2. The van der Waals surface area contributed by atoms with Gasteiger partial charge in [0.25, 0.3) is 11.8 Å². The predicted molar refractivity (Wildman–Crippen MR) is 92.2 cm³/mol. The number of hydrogen-bond donors (Lipinski definition) is 3. The van der Waals surface area contributed by atoms with Crippen LogP contribution in [0.2, 0.25) is 0 Å². The van der Waals surface area contributed by atoms with Gasteiger partial charge in [-0.15, -0.1) is 11.3 Å². The molecule has 1 aromatic carbocycles. The van der Waals surface area contributed by atoms with Crippen molar-refractivity contribution in [1.82, 2.24) is 14.7 Å². The summed E-state index contributed by atoms with van der Waals surface area (Å²) in [6.45, 7) is 1.52. The van der Waals surface area contributed by atoms with Gasteiger partial charge in [0.1, 0.15) is 12.2 Å². The normalized spacial score (nSPS) is 10.6. The summed E-state index contributed by atoms with van der Waals surface area (Å²) in [6, 6.07) is 6.14. The molecule has 0 fully saturated rings. The Morgan fingerprint density at radius 3 is 2.52 bits per heavy atom. The molecule has 3 rings (SSSR count). The van der Waals surface area contributed by atoms with Gasteiger partial charge in [-0.2, -0.15) is 0 Å². The van der Waals surface area contributed by atoms with Crippen LogP contribution in [0.1, 0.15) is 25.7 Å². The minimum Gasteiger partial charge on any atom is -0.480 e. The second-order valence-electron chi connectivity index (χ2n) is 5.27. The molecule has 25 heavy (non-hydrogen) atoms. The van der Waals surface area contributed by atoms with Gasteiger partial charge in [-0.1, -0.05) is 0 Å². The van der Waals surface area contributed by atoms with Crippen molar-refractivity contribution in [2.75, 3.05) is 11.9 Å². The predicted octanol–water partition coefficient (Wildman–Crippen LogP) is 1.77. The van der Waals surface area contributed by atoms with Crippen LogP contribution in [0, 0.1) is 6.92 Å². The highest BCUT2D eigenvalue weighted by Gasteiger charge is 2.13. The van der Waals surface area contributed by atoms with Crippen LogP contribution in [0.15, 0.2) is 36.7 Å². The van der Waals surface area contributed by atoms with Crippen molar-refractivity contribution >= 4 is 39.8 Å². The molecule has 3 aromatic rings. The molecule has 0 saturated carbocycles. The number of nitrogens with one attached hydrogen (secondary N) is 2. The number of anilines is 1. The molecule has 0 unspecified atom stereocenters. The average molecular weight is 358 g/mol. The lowest BCUT2D eigenvalue weighted by molar-refractivity contribution is -0.135. The lowest BCUT2D eigenvalue weighted by atomic mass is 10.2. The SMILES string of the molecule is Cc1cn2cc(C(=O)Nc3ccc(C(=O)NCC(=O)O)cc3)nc2s1. The molecular formula is C16H14N4O4S. The van der Waals surface area contributed by atoms with Crippen molar-refractivity contribution in [3.8, 4) is 0 Å². The maximum Gasteiger partial charge on any atom is 0.322 e. The summed E-state index contributed by atoms with van der Waals surface area (Å²) in [5, 5.41) is 13.5. The number of hydrogen-bond acceptors (Lipinski definition) is 5. The van der Waals surface area contributed by atoms with Gasteiger partial charge in [0.05, 0.1) is 0 Å². The highest BCUT2D eigenvalue weighted by Crippen LogP contribution is 2.17. The van der Waals surface area contributed by atoms with Crippen molar-refractivity contribution in [1.29, 1.82) is 0 Å². The van der Waals surface area contributed by atoms with E-state index in [1.165, 1.54) is 23.5 Å². The minimum absolute atomic E-state index is 0.300. The number of carbonyl (C=O) groups excluding carboxylic acids is 2.